The summed E-state index contributed by atoms with van der Waals surface area (Å²) in [6.45, 7) is 0. The molecular formula is C10H6O2. The molecule has 0 amide bonds. The molecule has 0 spiro atoms. The summed E-state index contributed by atoms with van der Waals surface area (Å²) >= 11 is 0. The zero-order chi connectivity index (χ0) is 7.97. The maximum Gasteiger partial charge on any atom is 0.137 e. The summed E-state index contributed by atoms with van der Waals surface area (Å²) < 4.78 is 10.5. The van der Waals surface area contributed by atoms with Crippen molar-refractivity contribution in [3.8, 4) is 0 Å². The fourth-order valence-corrected chi connectivity index (χ4v) is 1.42. The third kappa shape index (κ3) is 0.639. The lowest BCUT2D eigenvalue weighted by Gasteiger charge is -1.87. The van der Waals surface area contributed by atoms with Crippen LogP contribution in [0.1, 0.15) is 0 Å². The van der Waals surface area contributed by atoms with E-state index in [-0.39, 0.29) is 0 Å². The van der Waals surface area contributed by atoms with E-state index in [9.17, 15) is 0 Å². The van der Waals surface area contributed by atoms with Crippen molar-refractivity contribution in [3.05, 3.63) is 36.8 Å². The van der Waals surface area contributed by atoms with Crippen LogP contribution in [0.3, 0.4) is 0 Å². The van der Waals surface area contributed by atoms with Crippen molar-refractivity contribution in [3.63, 3.8) is 0 Å². The van der Waals surface area contributed by atoms with Gasteiger partial charge < -0.3 is 8.83 Å². The summed E-state index contributed by atoms with van der Waals surface area (Å²) in [6.07, 6.45) is 3.37. The standard InChI is InChI=1S/C10H6O2/c1-3-11-9-6-10-8(2-4-12-10)5-7(1)9/h1-6H. The first-order valence-corrected chi connectivity index (χ1v) is 3.78. The average Bonchev–Trinajstić information content (AvgIpc) is 2.64. The van der Waals surface area contributed by atoms with E-state index in [1.54, 1.807) is 12.5 Å². The second-order valence-corrected chi connectivity index (χ2v) is 2.77. The second kappa shape index (κ2) is 1.91. The van der Waals surface area contributed by atoms with E-state index in [4.69, 9.17) is 8.83 Å². The van der Waals surface area contributed by atoms with Crippen molar-refractivity contribution in [2.75, 3.05) is 0 Å². The lowest BCUT2D eigenvalue weighted by atomic mass is 10.2. The first-order chi connectivity index (χ1) is 5.93. The molecule has 1 aromatic carbocycles. The third-order valence-corrected chi connectivity index (χ3v) is 2.03. The van der Waals surface area contributed by atoms with Gasteiger partial charge in [0.15, 0.2) is 0 Å². The molecule has 0 saturated heterocycles. The fourth-order valence-electron chi connectivity index (χ4n) is 1.42. The van der Waals surface area contributed by atoms with Crippen molar-refractivity contribution in [2.45, 2.75) is 0 Å². The molecule has 0 bridgehead atoms. The van der Waals surface area contributed by atoms with Crippen LogP contribution in [0.15, 0.2) is 45.6 Å². The van der Waals surface area contributed by atoms with Crippen molar-refractivity contribution in [1.82, 2.24) is 0 Å². The maximum atomic E-state index is 5.24. The minimum absolute atomic E-state index is 0.873. The molecule has 0 aliphatic carbocycles. The Morgan fingerprint density at radius 3 is 1.92 bits per heavy atom. The number of benzene rings is 1. The zero-order valence-electron chi connectivity index (χ0n) is 6.28. The highest BCUT2D eigenvalue weighted by molar-refractivity contribution is 5.93. The van der Waals surface area contributed by atoms with Crippen molar-refractivity contribution in [2.24, 2.45) is 0 Å². The van der Waals surface area contributed by atoms with E-state index in [0.717, 1.165) is 21.9 Å². The highest BCUT2D eigenvalue weighted by Gasteiger charge is 2.01. The van der Waals surface area contributed by atoms with E-state index in [2.05, 4.69) is 6.07 Å². The minimum Gasteiger partial charge on any atom is -0.464 e. The number of rotatable bonds is 0. The Hall–Kier alpha value is -1.70. The molecule has 12 heavy (non-hydrogen) atoms. The Kier molecular flexibility index (Phi) is 0.939. The normalized spacial score (nSPS) is 11.3. The molecule has 58 valence electrons. The van der Waals surface area contributed by atoms with Crippen LogP contribution >= 0.6 is 0 Å². The molecule has 0 radical (unpaired) electrons. The van der Waals surface area contributed by atoms with E-state index >= 15 is 0 Å². The van der Waals surface area contributed by atoms with Crippen LogP contribution in [-0.4, -0.2) is 0 Å². The SMILES string of the molecule is c1cc2cc3ccoc3cc2o1. The van der Waals surface area contributed by atoms with E-state index in [1.807, 2.05) is 18.2 Å². The molecule has 2 heteroatoms. The van der Waals surface area contributed by atoms with Gasteiger partial charge in [-0.15, -0.1) is 0 Å². The molecule has 0 N–H and O–H groups in total. The van der Waals surface area contributed by atoms with Crippen LogP contribution in [0.25, 0.3) is 21.9 Å². The van der Waals surface area contributed by atoms with Gasteiger partial charge in [-0.3, -0.25) is 0 Å². The maximum absolute atomic E-state index is 5.24. The smallest absolute Gasteiger partial charge is 0.137 e. The van der Waals surface area contributed by atoms with Gasteiger partial charge in [-0.2, -0.15) is 0 Å². The van der Waals surface area contributed by atoms with Gasteiger partial charge in [0.1, 0.15) is 11.2 Å². The van der Waals surface area contributed by atoms with Gasteiger partial charge in [0.2, 0.25) is 0 Å². The van der Waals surface area contributed by atoms with Gasteiger partial charge in [0, 0.05) is 16.8 Å². The largest absolute Gasteiger partial charge is 0.464 e. The van der Waals surface area contributed by atoms with Crippen LogP contribution < -0.4 is 0 Å². The van der Waals surface area contributed by atoms with Crippen molar-refractivity contribution in [1.29, 1.82) is 0 Å². The number of hydrogen-bond acceptors (Lipinski definition) is 2. The molecule has 0 atom stereocenters. The van der Waals surface area contributed by atoms with Crippen LogP contribution in [0.2, 0.25) is 0 Å². The van der Waals surface area contributed by atoms with E-state index in [0.29, 0.717) is 0 Å². The van der Waals surface area contributed by atoms with Crippen molar-refractivity contribution >= 4 is 21.9 Å². The van der Waals surface area contributed by atoms with E-state index in [1.165, 1.54) is 0 Å². The summed E-state index contributed by atoms with van der Waals surface area (Å²) in [5.74, 6) is 0. The summed E-state index contributed by atoms with van der Waals surface area (Å²) in [7, 11) is 0. The van der Waals surface area contributed by atoms with Crippen LogP contribution in [0.4, 0.5) is 0 Å². The van der Waals surface area contributed by atoms with Gasteiger partial charge in [-0.25, -0.2) is 0 Å². The number of fused-ring (bicyclic) bond motifs is 2. The monoisotopic (exact) mass is 158 g/mol. The first-order valence-electron chi connectivity index (χ1n) is 3.78. The van der Waals surface area contributed by atoms with Gasteiger partial charge in [0.25, 0.3) is 0 Å². The molecule has 0 aliphatic rings. The molecule has 2 aromatic heterocycles. The summed E-state index contributed by atoms with van der Waals surface area (Å²) in [5, 5.41) is 2.23. The van der Waals surface area contributed by atoms with E-state index < -0.39 is 0 Å². The van der Waals surface area contributed by atoms with Gasteiger partial charge in [-0.1, -0.05) is 0 Å². The Morgan fingerprint density at radius 2 is 1.33 bits per heavy atom. The van der Waals surface area contributed by atoms with Gasteiger partial charge >= 0.3 is 0 Å². The highest BCUT2D eigenvalue weighted by atomic mass is 16.3. The summed E-state index contributed by atoms with van der Waals surface area (Å²) in [6, 6.07) is 7.85. The molecule has 2 nitrogen and oxygen atoms in total. The predicted molar refractivity (Wildman–Crippen MR) is 46.0 cm³/mol. The summed E-state index contributed by atoms with van der Waals surface area (Å²) in [5.41, 5.74) is 1.75. The number of furan rings is 2. The minimum atomic E-state index is 0.873. The third-order valence-electron chi connectivity index (χ3n) is 2.03. The molecule has 3 rings (SSSR count). The number of hydrogen-bond donors (Lipinski definition) is 0. The first kappa shape index (κ1) is 5.89. The van der Waals surface area contributed by atoms with Crippen LogP contribution in [0.5, 0.6) is 0 Å². The second-order valence-electron chi connectivity index (χ2n) is 2.77. The molecule has 0 saturated carbocycles. The van der Waals surface area contributed by atoms with Crippen molar-refractivity contribution < 1.29 is 8.83 Å². The summed E-state index contributed by atoms with van der Waals surface area (Å²) in [4.78, 5) is 0. The van der Waals surface area contributed by atoms with Crippen LogP contribution in [-0.2, 0) is 0 Å². The average molecular weight is 158 g/mol. The molecular weight excluding hydrogens is 152 g/mol. The lowest BCUT2D eigenvalue weighted by molar-refractivity contribution is 0.604. The molecule has 0 fully saturated rings. The Balaban J connectivity index is 2.62. The lowest BCUT2D eigenvalue weighted by Crippen LogP contribution is -1.63. The fraction of sp³-hybridized carbons (Fsp3) is 0. The predicted octanol–water partition coefficient (Wildman–Crippen LogP) is 3.18. The molecule has 0 unspecified atom stereocenters. The Morgan fingerprint density at radius 1 is 0.750 bits per heavy atom. The Labute approximate surface area is 68.4 Å². The van der Waals surface area contributed by atoms with Gasteiger partial charge in [-0.05, 0) is 18.2 Å². The van der Waals surface area contributed by atoms with Gasteiger partial charge in [0.05, 0.1) is 12.5 Å². The molecule has 2 heterocycles. The molecule has 3 aromatic rings. The van der Waals surface area contributed by atoms with Crippen LogP contribution in [0, 0.1) is 0 Å². The molecule has 0 aliphatic heterocycles. The topological polar surface area (TPSA) is 26.3 Å². The quantitative estimate of drug-likeness (QED) is 0.502. The highest BCUT2D eigenvalue weighted by Crippen LogP contribution is 2.23. The Bertz CT molecular complexity index is 440. The zero-order valence-corrected chi connectivity index (χ0v) is 6.28.